The van der Waals surface area contributed by atoms with E-state index in [2.05, 4.69) is 54.1 Å². The second-order valence-corrected chi connectivity index (χ2v) is 5.54. The smallest absolute Gasteiger partial charge is 0.0431 e. The monoisotopic (exact) mass is 237 g/mol. The fourth-order valence-electron chi connectivity index (χ4n) is 2.74. The second kappa shape index (κ2) is 4.13. The van der Waals surface area contributed by atoms with Gasteiger partial charge in [0.1, 0.15) is 0 Å². The lowest BCUT2D eigenvalue weighted by Gasteiger charge is -2.22. The van der Waals surface area contributed by atoms with E-state index >= 15 is 0 Å². The molecule has 1 aromatic carbocycles. The minimum atomic E-state index is 0.208. The lowest BCUT2D eigenvalue weighted by molar-refractivity contribution is 0.550. The van der Waals surface area contributed by atoms with Gasteiger partial charge in [0.25, 0.3) is 0 Å². The molecule has 2 aromatic rings. The maximum atomic E-state index is 4.07. The molecule has 1 aliphatic heterocycles. The van der Waals surface area contributed by atoms with Crippen molar-refractivity contribution in [1.29, 1.82) is 0 Å². The topological polar surface area (TPSA) is 16.1 Å². The van der Waals surface area contributed by atoms with Crippen LogP contribution < -0.4 is 4.90 Å². The van der Waals surface area contributed by atoms with Crippen molar-refractivity contribution < 1.29 is 0 Å². The summed E-state index contributed by atoms with van der Waals surface area (Å²) in [6.07, 6.45) is 3.71. The zero-order chi connectivity index (χ0) is 12.6. The van der Waals surface area contributed by atoms with E-state index in [-0.39, 0.29) is 5.41 Å². The first-order chi connectivity index (χ1) is 8.67. The molecule has 0 bridgehead atoms. The van der Waals surface area contributed by atoms with Gasteiger partial charge in [0, 0.05) is 36.6 Å². The molecule has 2 heterocycles. The Bertz CT molecular complexity index is 546. The van der Waals surface area contributed by atoms with Gasteiger partial charge in [0.05, 0.1) is 0 Å². The van der Waals surface area contributed by atoms with E-state index < -0.39 is 0 Å². The van der Waals surface area contributed by atoms with Crippen LogP contribution in [0.3, 0.4) is 0 Å². The molecule has 0 spiro atoms. The van der Waals surface area contributed by atoms with Gasteiger partial charge in [-0.2, -0.15) is 0 Å². The molecule has 0 atom stereocenters. The van der Waals surface area contributed by atoms with Crippen molar-refractivity contribution in [3.63, 3.8) is 0 Å². The Morgan fingerprint density at radius 1 is 1.28 bits per heavy atom. The molecule has 2 nitrogen and oxygen atoms in total. The zero-order valence-corrected chi connectivity index (χ0v) is 10.9. The van der Waals surface area contributed by atoms with Crippen molar-refractivity contribution >= 4 is 5.69 Å². The quantitative estimate of drug-likeness (QED) is 0.797. The van der Waals surface area contributed by atoms with E-state index in [4.69, 9.17) is 0 Å². The van der Waals surface area contributed by atoms with E-state index in [1.807, 2.05) is 18.5 Å². The molecule has 0 saturated heterocycles. The average molecular weight is 237 g/mol. The van der Waals surface area contributed by atoms with Crippen molar-refractivity contribution in [3.05, 3.63) is 59.9 Å². The maximum absolute atomic E-state index is 4.07. The third-order valence-electron chi connectivity index (χ3n) is 3.62. The molecule has 91 valence electrons. The van der Waals surface area contributed by atoms with Crippen molar-refractivity contribution in [1.82, 2.24) is 4.98 Å². The van der Waals surface area contributed by atoms with Crippen LogP contribution in [0.2, 0.25) is 0 Å². The number of anilines is 1. The SMILES string of the molecule is CC1(C)CN(Cc2ccncc2)c2cc[c]cc21. The number of rotatable bonds is 2. The highest BCUT2D eigenvalue weighted by Gasteiger charge is 2.34. The molecule has 0 N–H and O–H groups in total. The fourth-order valence-corrected chi connectivity index (χ4v) is 2.74. The first kappa shape index (κ1) is 11.3. The zero-order valence-electron chi connectivity index (χ0n) is 10.9. The summed E-state index contributed by atoms with van der Waals surface area (Å²) in [7, 11) is 0. The molecule has 18 heavy (non-hydrogen) atoms. The lowest BCUT2D eigenvalue weighted by atomic mass is 9.87. The molecular formula is C16H17N2. The number of benzene rings is 1. The van der Waals surface area contributed by atoms with Crippen LogP contribution in [0.4, 0.5) is 5.69 Å². The molecule has 1 aliphatic rings. The largest absolute Gasteiger partial charge is 0.366 e. The number of nitrogens with zero attached hydrogens (tertiary/aromatic N) is 2. The number of hydrogen-bond acceptors (Lipinski definition) is 2. The molecule has 1 radical (unpaired) electrons. The number of hydrogen-bond donors (Lipinski definition) is 0. The van der Waals surface area contributed by atoms with Gasteiger partial charge in [-0.1, -0.05) is 19.9 Å². The third kappa shape index (κ3) is 1.88. The van der Waals surface area contributed by atoms with E-state index in [1.165, 1.54) is 16.8 Å². The van der Waals surface area contributed by atoms with Crippen LogP contribution >= 0.6 is 0 Å². The number of pyridine rings is 1. The van der Waals surface area contributed by atoms with Gasteiger partial charge in [0.15, 0.2) is 0 Å². The molecule has 2 heteroatoms. The van der Waals surface area contributed by atoms with Crippen LogP contribution in [0.15, 0.2) is 42.7 Å². The first-order valence-corrected chi connectivity index (χ1v) is 6.31. The van der Waals surface area contributed by atoms with Crippen LogP contribution in [0, 0.1) is 6.07 Å². The lowest BCUT2D eigenvalue weighted by Crippen LogP contribution is -2.28. The molecule has 0 unspecified atom stereocenters. The molecule has 0 aliphatic carbocycles. The Morgan fingerprint density at radius 2 is 2.06 bits per heavy atom. The van der Waals surface area contributed by atoms with Gasteiger partial charge >= 0.3 is 0 Å². The third-order valence-corrected chi connectivity index (χ3v) is 3.62. The summed E-state index contributed by atoms with van der Waals surface area (Å²) in [6, 6.07) is 13.7. The molecule has 0 fully saturated rings. The summed E-state index contributed by atoms with van der Waals surface area (Å²) in [5, 5.41) is 0. The van der Waals surface area contributed by atoms with E-state index in [1.54, 1.807) is 0 Å². The Kier molecular flexibility index (Phi) is 2.58. The van der Waals surface area contributed by atoms with Crippen LogP contribution in [0.5, 0.6) is 0 Å². The van der Waals surface area contributed by atoms with Gasteiger partial charge < -0.3 is 4.90 Å². The number of fused-ring (bicyclic) bond motifs is 1. The highest BCUT2D eigenvalue weighted by molar-refractivity contribution is 5.62. The normalized spacial score (nSPS) is 16.7. The maximum Gasteiger partial charge on any atom is 0.0431 e. The fraction of sp³-hybridized carbons (Fsp3) is 0.312. The van der Waals surface area contributed by atoms with Crippen molar-refractivity contribution in [2.24, 2.45) is 0 Å². The van der Waals surface area contributed by atoms with Gasteiger partial charge in [-0.05, 0) is 41.5 Å². The predicted molar refractivity (Wildman–Crippen MR) is 73.6 cm³/mol. The average Bonchev–Trinajstić information content (AvgIpc) is 2.63. The van der Waals surface area contributed by atoms with Gasteiger partial charge in [0.2, 0.25) is 0 Å². The number of aromatic nitrogens is 1. The van der Waals surface area contributed by atoms with Gasteiger partial charge in [-0.15, -0.1) is 0 Å². The van der Waals surface area contributed by atoms with Crippen molar-refractivity contribution in [3.8, 4) is 0 Å². The van der Waals surface area contributed by atoms with Crippen LogP contribution in [0.25, 0.3) is 0 Å². The predicted octanol–water partition coefficient (Wildman–Crippen LogP) is 3.18. The van der Waals surface area contributed by atoms with Gasteiger partial charge in [-0.25, -0.2) is 0 Å². The first-order valence-electron chi connectivity index (χ1n) is 6.31. The molecule has 0 saturated carbocycles. The summed E-state index contributed by atoms with van der Waals surface area (Å²) < 4.78 is 0. The highest BCUT2D eigenvalue weighted by Crippen LogP contribution is 2.40. The Hall–Kier alpha value is -1.83. The van der Waals surface area contributed by atoms with Crippen molar-refractivity contribution in [2.75, 3.05) is 11.4 Å². The summed E-state index contributed by atoms with van der Waals surface area (Å²) in [5.74, 6) is 0. The minimum Gasteiger partial charge on any atom is -0.366 e. The van der Waals surface area contributed by atoms with Crippen LogP contribution in [0.1, 0.15) is 25.0 Å². The van der Waals surface area contributed by atoms with E-state index in [0.29, 0.717) is 0 Å². The summed E-state index contributed by atoms with van der Waals surface area (Å²) in [6.45, 7) is 6.60. The Morgan fingerprint density at radius 3 is 2.83 bits per heavy atom. The molecular weight excluding hydrogens is 220 g/mol. The van der Waals surface area contributed by atoms with Crippen LogP contribution in [-0.2, 0) is 12.0 Å². The Labute approximate surface area is 108 Å². The summed E-state index contributed by atoms with van der Waals surface area (Å²) in [4.78, 5) is 6.51. The van der Waals surface area contributed by atoms with E-state index in [0.717, 1.165) is 13.1 Å². The minimum absolute atomic E-state index is 0.208. The summed E-state index contributed by atoms with van der Waals surface area (Å²) >= 11 is 0. The molecule has 3 rings (SSSR count). The highest BCUT2D eigenvalue weighted by atomic mass is 15.2. The standard InChI is InChI=1S/C16H17N2/c1-16(2)12-18(11-13-7-9-17-10-8-13)15-6-4-3-5-14(15)16/h4-10H,11-12H2,1-2H3. The summed E-state index contributed by atoms with van der Waals surface area (Å²) in [5.41, 5.74) is 4.26. The van der Waals surface area contributed by atoms with Crippen LogP contribution in [-0.4, -0.2) is 11.5 Å². The van der Waals surface area contributed by atoms with Gasteiger partial charge in [-0.3, -0.25) is 4.98 Å². The Balaban J connectivity index is 1.92. The van der Waals surface area contributed by atoms with Crippen molar-refractivity contribution in [2.45, 2.75) is 25.8 Å². The molecule has 1 aromatic heterocycles. The van der Waals surface area contributed by atoms with E-state index in [9.17, 15) is 0 Å². The molecule has 0 amide bonds. The second-order valence-electron chi connectivity index (χ2n) is 5.54.